The molecule has 0 radical (unpaired) electrons. The van der Waals surface area contributed by atoms with E-state index in [4.69, 9.17) is 14.6 Å². The molecule has 0 atom stereocenters. The smallest absolute Gasteiger partial charge is 0.371 e. The zero-order valence-corrected chi connectivity index (χ0v) is 8.53. The van der Waals surface area contributed by atoms with Gasteiger partial charge < -0.3 is 14.6 Å². The Bertz CT molecular complexity index is 519. The molecule has 0 aliphatic heterocycles. The molecule has 0 aliphatic carbocycles. The Kier molecular flexibility index (Phi) is 2.65. The maximum atomic E-state index is 10.6. The fourth-order valence-electron chi connectivity index (χ4n) is 1.30. The summed E-state index contributed by atoms with van der Waals surface area (Å²) in [6.45, 7) is 0.181. The predicted octanol–water partition coefficient (Wildman–Crippen LogP) is 0.921. The van der Waals surface area contributed by atoms with E-state index in [-0.39, 0.29) is 17.9 Å². The van der Waals surface area contributed by atoms with E-state index in [9.17, 15) is 9.59 Å². The van der Waals surface area contributed by atoms with Crippen molar-refractivity contribution < 1.29 is 24.2 Å². The Hall–Kier alpha value is -2.57. The zero-order valence-electron chi connectivity index (χ0n) is 8.53. The van der Waals surface area contributed by atoms with Crippen molar-refractivity contribution in [2.24, 2.45) is 0 Å². The number of aromatic carboxylic acids is 2. The topological polar surface area (TPSA) is 106 Å². The van der Waals surface area contributed by atoms with Crippen molar-refractivity contribution in [2.75, 3.05) is 0 Å². The van der Waals surface area contributed by atoms with Crippen molar-refractivity contribution in [2.45, 2.75) is 6.54 Å². The lowest BCUT2D eigenvalue weighted by Gasteiger charge is -1.96. The highest BCUT2D eigenvalue weighted by Gasteiger charge is 2.11. The van der Waals surface area contributed by atoms with Gasteiger partial charge in [0.05, 0.1) is 18.3 Å². The van der Waals surface area contributed by atoms with E-state index in [0.29, 0.717) is 5.76 Å². The molecule has 2 N–H and O–H groups in total. The molecule has 2 aromatic heterocycles. The van der Waals surface area contributed by atoms with Crippen LogP contribution in [0.5, 0.6) is 0 Å². The number of aromatic nitrogens is 2. The molecule has 0 bridgehead atoms. The average Bonchev–Trinajstić information content (AvgIpc) is 2.87. The van der Waals surface area contributed by atoms with Crippen LogP contribution in [0.1, 0.15) is 26.7 Å². The van der Waals surface area contributed by atoms with Gasteiger partial charge in [0.1, 0.15) is 5.76 Å². The minimum atomic E-state index is -1.15. The van der Waals surface area contributed by atoms with Gasteiger partial charge in [0.25, 0.3) is 0 Å². The first-order chi connectivity index (χ1) is 8.06. The Morgan fingerprint density at radius 3 is 2.59 bits per heavy atom. The molecule has 0 fully saturated rings. The largest absolute Gasteiger partial charge is 0.478 e. The fraction of sp³-hybridized carbons (Fsp3) is 0.100. The number of carboxylic acid groups (broad SMARTS) is 2. The van der Waals surface area contributed by atoms with Crippen LogP contribution in [0, 0.1) is 0 Å². The molecule has 7 heteroatoms. The molecule has 17 heavy (non-hydrogen) atoms. The van der Waals surface area contributed by atoms with E-state index in [1.165, 1.54) is 29.2 Å². The maximum absolute atomic E-state index is 10.6. The molecule has 0 aromatic carbocycles. The molecule has 0 unspecified atom stereocenters. The molecule has 0 saturated carbocycles. The van der Waals surface area contributed by atoms with Gasteiger partial charge >= 0.3 is 11.9 Å². The van der Waals surface area contributed by atoms with E-state index in [2.05, 4.69) is 5.10 Å². The maximum Gasteiger partial charge on any atom is 0.371 e. The van der Waals surface area contributed by atoms with Crippen molar-refractivity contribution in [3.63, 3.8) is 0 Å². The molecule has 2 aromatic rings. The Labute approximate surface area is 94.9 Å². The standard InChI is InChI=1S/C10H8N2O5/c13-9(14)6-3-11-12(4-6)5-7-1-2-8(17-7)10(15)16/h1-4H,5H2,(H,13,14)(H,15,16). The number of rotatable bonds is 4. The van der Waals surface area contributed by atoms with Crippen LogP contribution < -0.4 is 0 Å². The van der Waals surface area contributed by atoms with Gasteiger partial charge in [-0.3, -0.25) is 4.68 Å². The quantitative estimate of drug-likeness (QED) is 0.817. The first-order valence-electron chi connectivity index (χ1n) is 4.64. The third kappa shape index (κ3) is 2.33. The minimum absolute atomic E-state index is 0.0648. The first kappa shape index (κ1) is 10.9. The van der Waals surface area contributed by atoms with Gasteiger partial charge in [-0.05, 0) is 12.1 Å². The lowest BCUT2D eigenvalue weighted by molar-refractivity contribution is 0.0657. The molecular formula is C10H8N2O5. The number of hydrogen-bond donors (Lipinski definition) is 2. The average molecular weight is 236 g/mol. The van der Waals surface area contributed by atoms with Crippen LogP contribution in [0.3, 0.4) is 0 Å². The summed E-state index contributed by atoms with van der Waals surface area (Å²) >= 11 is 0. The van der Waals surface area contributed by atoms with Gasteiger partial charge in [-0.2, -0.15) is 5.10 Å². The van der Waals surface area contributed by atoms with Crippen LogP contribution in [0.25, 0.3) is 0 Å². The summed E-state index contributed by atoms with van der Waals surface area (Å²) < 4.78 is 6.37. The third-order valence-electron chi connectivity index (χ3n) is 2.07. The number of furan rings is 1. The van der Waals surface area contributed by atoms with Gasteiger partial charge in [0, 0.05) is 6.20 Å². The number of hydrogen-bond acceptors (Lipinski definition) is 4. The normalized spacial score (nSPS) is 10.4. The Morgan fingerprint density at radius 1 is 1.29 bits per heavy atom. The van der Waals surface area contributed by atoms with Gasteiger partial charge in [0.2, 0.25) is 5.76 Å². The van der Waals surface area contributed by atoms with Crippen LogP contribution in [0.4, 0.5) is 0 Å². The summed E-state index contributed by atoms with van der Waals surface area (Å²) in [4.78, 5) is 21.2. The number of nitrogens with zero attached hydrogens (tertiary/aromatic N) is 2. The second-order valence-corrected chi connectivity index (χ2v) is 3.30. The van der Waals surface area contributed by atoms with Crippen LogP contribution in [-0.2, 0) is 6.54 Å². The van der Waals surface area contributed by atoms with E-state index < -0.39 is 11.9 Å². The van der Waals surface area contributed by atoms with Crippen LogP contribution in [0.2, 0.25) is 0 Å². The molecule has 0 aliphatic rings. The lowest BCUT2D eigenvalue weighted by Crippen LogP contribution is -1.99. The summed E-state index contributed by atoms with van der Waals surface area (Å²) in [6, 6.07) is 2.84. The van der Waals surface area contributed by atoms with Gasteiger partial charge in [-0.15, -0.1) is 0 Å². The van der Waals surface area contributed by atoms with Crippen molar-refractivity contribution in [3.8, 4) is 0 Å². The monoisotopic (exact) mass is 236 g/mol. The van der Waals surface area contributed by atoms with Crippen molar-refractivity contribution >= 4 is 11.9 Å². The molecule has 0 amide bonds. The summed E-state index contributed by atoms with van der Waals surface area (Å²) in [5, 5.41) is 21.1. The summed E-state index contributed by atoms with van der Waals surface area (Å²) in [5.41, 5.74) is 0.0648. The SMILES string of the molecule is O=C(O)c1cnn(Cc2ccc(C(=O)O)o2)c1. The van der Waals surface area contributed by atoms with Gasteiger partial charge in [-0.1, -0.05) is 0 Å². The molecule has 7 nitrogen and oxygen atoms in total. The molecule has 88 valence electrons. The second-order valence-electron chi connectivity index (χ2n) is 3.30. The van der Waals surface area contributed by atoms with Crippen LogP contribution in [0.15, 0.2) is 28.9 Å². The molecule has 0 spiro atoms. The van der Waals surface area contributed by atoms with Gasteiger partial charge in [-0.25, -0.2) is 9.59 Å². The summed E-state index contributed by atoms with van der Waals surface area (Å²) in [7, 11) is 0. The summed E-state index contributed by atoms with van der Waals surface area (Å²) in [5.74, 6) is -1.99. The Morgan fingerprint density at radius 2 is 2.06 bits per heavy atom. The third-order valence-corrected chi connectivity index (χ3v) is 2.07. The van der Waals surface area contributed by atoms with Crippen LogP contribution in [-0.4, -0.2) is 31.9 Å². The molecule has 0 saturated heterocycles. The number of carbonyl (C=O) groups is 2. The van der Waals surface area contributed by atoms with Crippen molar-refractivity contribution in [3.05, 3.63) is 41.6 Å². The highest BCUT2D eigenvalue weighted by Crippen LogP contribution is 2.09. The number of carboxylic acids is 2. The highest BCUT2D eigenvalue weighted by atomic mass is 16.4. The van der Waals surface area contributed by atoms with Gasteiger partial charge in [0.15, 0.2) is 0 Å². The first-order valence-corrected chi connectivity index (χ1v) is 4.64. The van der Waals surface area contributed by atoms with E-state index >= 15 is 0 Å². The Balaban J connectivity index is 2.13. The highest BCUT2D eigenvalue weighted by molar-refractivity contribution is 5.86. The summed E-state index contributed by atoms with van der Waals surface area (Å²) in [6.07, 6.45) is 2.55. The molecule has 2 rings (SSSR count). The van der Waals surface area contributed by atoms with E-state index in [1.54, 1.807) is 0 Å². The fourth-order valence-corrected chi connectivity index (χ4v) is 1.30. The van der Waals surface area contributed by atoms with E-state index in [1.807, 2.05) is 0 Å². The van der Waals surface area contributed by atoms with E-state index in [0.717, 1.165) is 0 Å². The predicted molar refractivity (Wildman–Crippen MR) is 54.0 cm³/mol. The zero-order chi connectivity index (χ0) is 12.4. The molecular weight excluding hydrogens is 228 g/mol. The second kappa shape index (κ2) is 4.12. The minimum Gasteiger partial charge on any atom is -0.478 e. The molecule has 2 heterocycles. The van der Waals surface area contributed by atoms with Crippen molar-refractivity contribution in [1.82, 2.24) is 9.78 Å². The van der Waals surface area contributed by atoms with Crippen LogP contribution >= 0.6 is 0 Å². The lowest BCUT2D eigenvalue weighted by atomic mass is 10.4. The van der Waals surface area contributed by atoms with Crippen molar-refractivity contribution in [1.29, 1.82) is 0 Å².